The molecular weight excluding hydrogens is 1000 g/mol. The first-order valence-corrected chi connectivity index (χ1v) is 28.2. The molecule has 0 fully saturated rings. The fraction of sp³-hybridized carbons (Fsp3) is 0.0263. The van der Waals surface area contributed by atoms with E-state index in [-0.39, 0.29) is 0 Å². The zero-order valence-electron chi connectivity index (χ0n) is 44.7. The maximum absolute atomic E-state index is 7.06. The third kappa shape index (κ3) is 5.86. The molecule has 0 aliphatic carbocycles. The Hall–Kier alpha value is -10.8. The van der Waals surface area contributed by atoms with Crippen molar-refractivity contribution in [1.29, 1.82) is 0 Å². The van der Waals surface area contributed by atoms with Gasteiger partial charge in [0.1, 0.15) is 22.3 Å². The molecule has 19 rings (SSSR count). The number of aromatic nitrogens is 2. The summed E-state index contributed by atoms with van der Waals surface area (Å²) in [4.78, 5) is 4.86. The van der Waals surface area contributed by atoms with Crippen LogP contribution >= 0.6 is 0 Å². The Labute approximate surface area is 468 Å². The molecule has 0 atom stereocenters. The fourth-order valence-corrected chi connectivity index (χ4v) is 14.4. The lowest BCUT2D eigenvalue weighted by molar-refractivity contribution is 0.663. The second-order valence-electron chi connectivity index (χ2n) is 22.5. The average Bonchev–Trinajstić information content (AvgIpc) is 4.51. The monoisotopic (exact) mass is 1050 g/mol. The number of hydrogen-bond donors (Lipinski definition) is 0. The second kappa shape index (κ2) is 15.9. The van der Waals surface area contributed by atoms with Gasteiger partial charge in [-0.3, -0.25) is 0 Å². The zero-order valence-corrected chi connectivity index (χ0v) is 44.7. The molecule has 0 aliphatic heterocycles. The largest absolute Gasteiger partial charge is 0.456 e. The van der Waals surface area contributed by atoms with Gasteiger partial charge in [-0.15, -0.1) is 0 Å². The molecule has 0 amide bonds. The molecule has 82 heavy (non-hydrogen) atoms. The topological polar surface area (TPSA) is 41.6 Å². The summed E-state index contributed by atoms with van der Waals surface area (Å²) in [5.74, 6) is 0. The first-order chi connectivity index (χ1) is 40.5. The molecule has 6 nitrogen and oxygen atoms in total. The van der Waals surface area contributed by atoms with Crippen LogP contribution in [0.25, 0.3) is 142 Å². The molecule has 6 heterocycles. The van der Waals surface area contributed by atoms with E-state index in [1.807, 2.05) is 0 Å². The Kier molecular flexibility index (Phi) is 8.57. The molecule has 19 aromatic rings. The predicted octanol–water partition coefficient (Wildman–Crippen LogP) is 21.6. The van der Waals surface area contributed by atoms with Crippen molar-refractivity contribution in [2.45, 2.75) is 13.8 Å². The van der Waals surface area contributed by atoms with E-state index in [9.17, 15) is 0 Å². The highest BCUT2D eigenvalue weighted by molar-refractivity contribution is 6.27. The number of benzene rings is 13. The van der Waals surface area contributed by atoms with Crippen LogP contribution in [0, 0.1) is 13.8 Å². The lowest BCUT2D eigenvalue weighted by Crippen LogP contribution is -2.11. The number of hydrogen-bond acceptors (Lipinski definition) is 4. The third-order valence-electron chi connectivity index (χ3n) is 18.1. The Morgan fingerprint density at radius 1 is 0.280 bits per heavy atom. The van der Waals surface area contributed by atoms with Crippen LogP contribution in [-0.2, 0) is 0 Å². The van der Waals surface area contributed by atoms with Crippen molar-refractivity contribution >= 4 is 176 Å². The van der Waals surface area contributed by atoms with Crippen LogP contribution in [0.4, 0.5) is 34.1 Å². The summed E-state index contributed by atoms with van der Waals surface area (Å²) >= 11 is 0. The smallest absolute Gasteiger partial charge is 0.147 e. The van der Waals surface area contributed by atoms with Crippen LogP contribution in [0.3, 0.4) is 0 Å². The summed E-state index contributed by atoms with van der Waals surface area (Å²) in [6, 6.07) is 89.2. The summed E-state index contributed by atoms with van der Waals surface area (Å²) in [5.41, 5.74) is 19.8. The number of aryl methyl sites for hydroxylation is 2. The van der Waals surface area contributed by atoms with Crippen LogP contribution in [0.15, 0.2) is 251 Å². The van der Waals surface area contributed by atoms with Gasteiger partial charge in [0.15, 0.2) is 0 Å². The highest BCUT2D eigenvalue weighted by Crippen LogP contribution is 2.49. The van der Waals surface area contributed by atoms with Gasteiger partial charge in [0.25, 0.3) is 0 Å². The van der Waals surface area contributed by atoms with E-state index in [0.717, 1.165) is 99.5 Å². The molecule has 0 unspecified atom stereocenters. The minimum Gasteiger partial charge on any atom is -0.456 e. The second-order valence-corrected chi connectivity index (χ2v) is 22.5. The fourth-order valence-electron chi connectivity index (χ4n) is 14.4. The summed E-state index contributed by atoms with van der Waals surface area (Å²) in [7, 11) is 0. The van der Waals surface area contributed by atoms with Gasteiger partial charge < -0.3 is 27.4 Å². The lowest BCUT2D eigenvalue weighted by Gasteiger charge is -2.27. The number of rotatable bonds is 6. The summed E-state index contributed by atoms with van der Waals surface area (Å²) in [6.07, 6.45) is 0. The number of anilines is 6. The van der Waals surface area contributed by atoms with Gasteiger partial charge in [0.05, 0.1) is 38.5 Å². The molecule has 0 bridgehead atoms. The summed E-state index contributed by atoms with van der Waals surface area (Å²) in [6.45, 7) is 4.41. The Morgan fingerprint density at radius 3 is 1.16 bits per heavy atom. The van der Waals surface area contributed by atoms with Crippen LogP contribution in [0.2, 0.25) is 0 Å². The first kappa shape index (κ1) is 44.1. The van der Waals surface area contributed by atoms with Gasteiger partial charge in [-0.2, -0.15) is 0 Å². The number of furan rings is 2. The third-order valence-corrected chi connectivity index (χ3v) is 18.1. The van der Waals surface area contributed by atoms with Gasteiger partial charge in [-0.05, 0) is 168 Å². The van der Waals surface area contributed by atoms with Crippen LogP contribution in [-0.4, -0.2) is 8.80 Å². The van der Waals surface area contributed by atoms with Crippen molar-refractivity contribution in [2.24, 2.45) is 0 Å². The summed E-state index contributed by atoms with van der Waals surface area (Å²) < 4.78 is 18.8. The molecule has 0 N–H and O–H groups in total. The molecule has 0 spiro atoms. The number of para-hydroxylation sites is 6. The van der Waals surface area contributed by atoms with Crippen LogP contribution < -0.4 is 9.80 Å². The lowest BCUT2D eigenvalue weighted by atomic mass is 10.0. The van der Waals surface area contributed by atoms with Crippen molar-refractivity contribution < 1.29 is 8.83 Å². The molecular formula is C76H46N4O2. The van der Waals surface area contributed by atoms with Crippen molar-refractivity contribution in [1.82, 2.24) is 8.80 Å². The van der Waals surface area contributed by atoms with Gasteiger partial charge >= 0.3 is 0 Å². The van der Waals surface area contributed by atoms with Gasteiger partial charge in [-0.1, -0.05) is 121 Å². The Balaban J connectivity index is 0.755. The SMILES string of the molecule is Cc1ccccc1N(c1ccc2cc3c(cc2c1)oc1c3ccc2oc3cc4cc(N(c5cc6c7ccccc7n7c8ccccc8c(c5)c67)c5ccccc5C)ccc4cc3c21)c1cc2c3ccccc3n3c4ccccc4c(c1)c23. The molecule has 0 saturated carbocycles. The highest BCUT2D eigenvalue weighted by Gasteiger charge is 2.26. The van der Waals surface area contributed by atoms with Crippen molar-refractivity contribution in [3.8, 4) is 0 Å². The molecule has 382 valence electrons. The zero-order chi connectivity index (χ0) is 53.6. The van der Waals surface area contributed by atoms with E-state index >= 15 is 0 Å². The van der Waals surface area contributed by atoms with E-state index in [1.54, 1.807) is 0 Å². The van der Waals surface area contributed by atoms with Crippen LogP contribution in [0.5, 0.6) is 0 Å². The van der Waals surface area contributed by atoms with Crippen molar-refractivity contribution in [2.75, 3.05) is 9.80 Å². The van der Waals surface area contributed by atoms with Gasteiger partial charge in [-0.25, -0.2) is 0 Å². The Bertz CT molecular complexity index is 5790. The highest BCUT2D eigenvalue weighted by atomic mass is 16.3. The molecule has 0 saturated heterocycles. The Morgan fingerprint density at radius 2 is 0.695 bits per heavy atom. The van der Waals surface area contributed by atoms with Crippen LogP contribution in [0.1, 0.15) is 11.1 Å². The van der Waals surface area contributed by atoms with Crippen molar-refractivity contribution in [3.63, 3.8) is 0 Å². The molecule has 0 aliphatic rings. The normalized spacial score (nSPS) is 12.5. The first-order valence-electron chi connectivity index (χ1n) is 28.2. The van der Waals surface area contributed by atoms with E-state index < -0.39 is 0 Å². The maximum Gasteiger partial charge on any atom is 0.147 e. The predicted molar refractivity (Wildman–Crippen MR) is 344 cm³/mol. The van der Waals surface area contributed by atoms with E-state index in [4.69, 9.17) is 8.83 Å². The summed E-state index contributed by atoms with van der Waals surface area (Å²) in [5, 5.41) is 18.6. The quantitative estimate of drug-likeness (QED) is 0.166. The maximum atomic E-state index is 7.06. The number of nitrogens with zero attached hydrogens (tertiary/aromatic N) is 4. The van der Waals surface area contributed by atoms with Crippen molar-refractivity contribution in [3.05, 3.63) is 254 Å². The van der Waals surface area contributed by atoms with E-state index in [2.05, 4.69) is 275 Å². The molecule has 6 heteroatoms. The molecule has 0 radical (unpaired) electrons. The van der Waals surface area contributed by atoms with Gasteiger partial charge in [0.2, 0.25) is 0 Å². The standard InChI is InChI=1S/C76H46N4O2/c1-43-15-3-9-21-64(43)77(51-39-59-53-17-5-11-23-66(53)79-67-24-12-6-18-54(67)60(40-51)74(59)79)49-29-27-45-35-58-57-31-32-70-73(76(57)82-71(58)37-47(45)33-49)63-36-46-28-30-50(34-48(46)38-72(63)81-70)78(65-22-10-4-16-44(65)2)52-41-61-55-19-7-13-25-68(55)80-69-26-14-8-20-56(69)62(42-52)75(61)80/h3-42H,1-2H3. The minimum absolute atomic E-state index is 0.802. The van der Waals surface area contributed by atoms with E-state index in [0.29, 0.717) is 0 Å². The average molecular weight is 1050 g/mol. The number of fused-ring (bicyclic) bond motifs is 21. The minimum atomic E-state index is 0.802. The molecule has 13 aromatic carbocycles. The molecule has 6 aromatic heterocycles. The van der Waals surface area contributed by atoms with E-state index in [1.165, 1.54) is 87.3 Å². The van der Waals surface area contributed by atoms with Gasteiger partial charge in [0, 0.05) is 93.4 Å².